The van der Waals surface area contributed by atoms with Gasteiger partial charge in [-0.05, 0) is 36.5 Å². The zero-order chi connectivity index (χ0) is 20.8. The van der Waals surface area contributed by atoms with Crippen molar-refractivity contribution >= 4 is 22.8 Å². The van der Waals surface area contributed by atoms with Gasteiger partial charge in [-0.2, -0.15) is 5.26 Å². The molecule has 1 aliphatic carbocycles. The zero-order valence-corrected chi connectivity index (χ0v) is 16.2. The number of aromatic carboxylic acids is 1. The number of aromatic nitrogens is 3. The second kappa shape index (κ2) is 6.95. The topological polar surface area (TPSA) is 112 Å². The molecule has 1 fully saturated rings. The maximum Gasteiger partial charge on any atom is 0.341 e. The third-order valence-electron chi connectivity index (χ3n) is 6.04. The predicted molar refractivity (Wildman–Crippen MR) is 109 cm³/mol. The number of hydrogen-bond acceptors (Lipinski definition) is 6. The molecule has 0 aromatic carbocycles. The highest BCUT2D eigenvalue weighted by atomic mass is 16.4. The van der Waals surface area contributed by atoms with Crippen molar-refractivity contribution in [1.82, 2.24) is 14.5 Å². The van der Waals surface area contributed by atoms with Crippen molar-refractivity contribution in [2.75, 3.05) is 4.90 Å². The zero-order valence-electron chi connectivity index (χ0n) is 16.2. The summed E-state index contributed by atoms with van der Waals surface area (Å²) in [5.41, 5.74) is 1.80. The van der Waals surface area contributed by atoms with Crippen LogP contribution in [0.4, 0.5) is 5.82 Å². The summed E-state index contributed by atoms with van der Waals surface area (Å²) in [5, 5.41) is 19.4. The lowest BCUT2D eigenvalue weighted by Crippen LogP contribution is -2.25. The number of carbonyl (C=O) groups is 1. The fourth-order valence-electron chi connectivity index (χ4n) is 4.22. The van der Waals surface area contributed by atoms with Crippen molar-refractivity contribution < 1.29 is 9.90 Å². The molecule has 8 heteroatoms. The van der Waals surface area contributed by atoms with E-state index in [0.717, 1.165) is 30.5 Å². The fraction of sp³-hybridized carbons (Fsp3) is 0.318. The van der Waals surface area contributed by atoms with Crippen LogP contribution in [0.2, 0.25) is 0 Å². The lowest BCUT2D eigenvalue weighted by Gasteiger charge is -2.27. The lowest BCUT2D eigenvalue weighted by atomic mass is 9.85. The minimum atomic E-state index is -1.27. The van der Waals surface area contributed by atoms with E-state index in [0.29, 0.717) is 37.0 Å². The number of fused-ring (bicyclic) bond motifs is 2. The van der Waals surface area contributed by atoms with Gasteiger partial charge in [0.25, 0.3) is 0 Å². The van der Waals surface area contributed by atoms with Gasteiger partial charge < -0.3 is 14.6 Å². The van der Waals surface area contributed by atoms with Crippen LogP contribution in [-0.2, 0) is 19.6 Å². The third-order valence-corrected chi connectivity index (χ3v) is 6.04. The van der Waals surface area contributed by atoms with Gasteiger partial charge in [0.2, 0.25) is 5.43 Å². The highest BCUT2D eigenvalue weighted by Gasteiger charge is 2.26. The van der Waals surface area contributed by atoms with Crippen LogP contribution in [0.3, 0.4) is 0 Å². The van der Waals surface area contributed by atoms with E-state index >= 15 is 0 Å². The van der Waals surface area contributed by atoms with Crippen LogP contribution >= 0.6 is 0 Å². The van der Waals surface area contributed by atoms with Crippen molar-refractivity contribution in [2.24, 2.45) is 5.92 Å². The van der Waals surface area contributed by atoms with E-state index in [2.05, 4.69) is 11.1 Å². The first kappa shape index (κ1) is 18.3. The van der Waals surface area contributed by atoms with Crippen molar-refractivity contribution in [3.63, 3.8) is 0 Å². The molecule has 150 valence electrons. The van der Waals surface area contributed by atoms with Crippen molar-refractivity contribution in [3.05, 3.63) is 63.2 Å². The Hall–Kier alpha value is -3.73. The second-order valence-corrected chi connectivity index (χ2v) is 7.93. The van der Waals surface area contributed by atoms with E-state index in [4.69, 9.17) is 4.98 Å². The van der Waals surface area contributed by atoms with E-state index in [-0.39, 0.29) is 16.5 Å². The number of carboxylic acids is 1. The minimum Gasteiger partial charge on any atom is -0.477 e. The summed E-state index contributed by atoms with van der Waals surface area (Å²) < 4.78 is 1.77. The molecule has 0 unspecified atom stereocenters. The smallest absolute Gasteiger partial charge is 0.341 e. The number of nitriles is 1. The largest absolute Gasteiger partial charge is 0.477 e. The lowest BCUT2D eigenvalue weighted by molar-refractivity contribution is 0.0694. The standard InChI is InChI=1S/C22H19N5O3/c23-8-15-7-16-19(28)17(22(29)30)11-26(9-13-3-1-4-13)21(16)25-20(15)27-10-14-5-2-6-24-18(14)12-27/h2,5-7,11,13H,1,3-4,9-10,12H2,(H,29,30). The fourth-order valence-corrected chi connectivity index (χ4v) is 4.22. The number of rotatable bonds is 4. The molecular weight excluding hydrogens is 382 g/mol. The third kappa shape index (κ3) is 2.90. The van der Waals surface area contributed by atoms with Crippen molar-refractivity contribution in [3.8, 4) is 6.07 Å². The summed E-state index contributed by atoms with van der Waals surface area (Å²) in [6.45, 7) is 1.72. The summed E-state index contributed by atoms with van der Waals surface area (Å²) in [6, 6.07) is 7.50. The average molecular weight is 401 g/mol. The van der Waals surface area contributed by atoms with Gasteiger partial charge in [-0.1, -0.05) is 12.5 Å². The molecule has 0 saturated heterocycles. The summed E-state index contributed by atoms with van der Waals surface area (Å²) in [7, 11) is 0. The van der Waals surface area contributed by atoms with Gasteiger partial charge >= 0.3 is 5.97 Å². The van der Waals surface area contributed by atoms with E-state index in [1.807, 2.05) is 17.0 Å². The number of pyridine rings is 3. The Morgan fingerprint density at radius 3 is 2.83 bits per heavy atom. The first-order valence-corrected chi connectivity index (χ1v) is 9.94. The molecule has 1 N–H and O–H groups in total. The molecule has 0 radical (unpaired) electrons. The summed E-state index contributed by atoms with van der Waals surface area (Å²) in [6.07, 6.45) is 6.45. The SMILES string of the molecule is N#Cc1cc2c(=O)c(C(=O)O)cn(CC3CCC3)c2nc1N1Cc2cccnc2C1. The van der Waals surface area contributed by atoms with Gasteiger partial charge in [0.1, 0.15) is 23.1 Å². The molecular formula is C22H19N5O3. The highest BCUT2D eigenvalue weighted by molar-refractivity contribution is 5.92. The normalized spacial score (nSPS) is 15.6. The molecule has 3 aromatic heterocycles. The molecule has 2 aliphatic rings. The quantitative estimate of drug-likeness (QED) is 0.715. The van der Waals surface area contributed by atoms with E-state index in [9.17, 15) is 20.0 Å². The number of hydrogen-bond donors (Lipinski definition) is 1. The Labute approximate surface area is 172 Å². The molecule has 5 rings (SSSR count). The van der Waals surface area contributed by atoms with E-state index in [1.165, 1.54) is 12.3 Å². The van der Waals surface area contributed by atoms with Gasteiger partial charge in [0.05, 0.1) is 23.2 Å². The second-order valence-electron chi connectivity index (χ2n) is 7.93. The van der Waals surface area contributed by atoms with E-state index in [1.54, 1.807) is 10.8 Å². The maximum atomic E-state index is 12.8. The molecule has 1 aliphatic heterocycles. The first-order valence-electron chi connectivity index (χ1n) is 9.94. The van der Waals surface area contributed by atoms with Gasteiger partial charge in [0, 0.05) is 25.5 Å². The Balaban J connectivity index is 1.68. The number of nitrogens with zero attached hydrogens (tertiary/aromatic N) is 5. The molecule has 0 bridgehead atoms. The van der Waals surface area contributed by atoms with Gasteiger partial charge in [-0.25, -0.2) is 9.78 Å². The predicted octanol–water partition coefficient (Wildman–Crippen LogP) is 2.68. The average Bonchev–Trinajstić information content (AvgIpc) is 3.15. The maximum absolute atomic E-state index is 12.8. The summed E-state index contributed by atoms with van der Waals surface area (Å²) in [4.78, 5) is 35.5. The number of carboxylic acid groups (broad SMARTS) is 1. The van der Waals surface area contributed by atoms with Crippen molar-refractivity contribution in [1.29, 1.82) is 5.26 Å². The molecule has 4 heterocycles. The van der Waals surface area contributed by atoms with Gasteiger partial charge in [-0.15, -0.1) is 0 Å². The molecule has 0 amide bonds. The molecule has 8 nitrogen and oxygen atoms in total. The minimum absolute atomic E-state index is 0.171. The Kier molecular flexibility index (Phi) is 4.24. The van der Waals surface area contributed by atoms with Crippen LogP contribution in [-0.4, -0.2) is 25.6 Å². The van der Waals surface area contributed by atoms with Crippen LogP contribution in [0.1, 0.15) is 46.4 Å². The molecule has 0 spiro atoms. The van der Waals surface area contributed by atoms with Gasteiger partial charge in [0.15, 0.2) is 0 Å². The van der Waals surface area contributed by atoms with Crippen LogP contribution in [0.5, 0.6) is 0 Å². The Morgan fingerprint density at radius 1 is 1.33 bits per heavy atom. The summed E-state index contributed by atoms with van der Waals surface area (Å²) >= 11 is 0. The molecule has 30 heavy (non-hydrogen) atoms. The highest BCUT2D eigenvalue weighted by Crippen LogP contribution is 2.32. The molecule has 1 saturated carbocycles. The number of anilines is 1. The molecule has 0 atom stereocenters. The monoisotopic (exact) mass is 401 g/mol. The molecule has 3 aromatic rings. The van der Waals surface area contributed by atoms with Crippen LogP contribution < -0.4 is 10.3 Å². The first-order chi connectivity index (χ1) is 14.5. The Morgan fingerprint density at radius 2 is 2.17 bits per heavy atom. The van der Waals surface area contributed by atoms with Crippen molar-refractivity contribution in [2.45, 2.75) is 38.9 Å². The summed E-state index contributed by atoms with van der Waals surface area (Å²) in [5.74, 6) is -0.334. The van der Waals surface area contributed by atoms with Gasteiger partial charge in [-0.3, -0.25) is 9.78 Å². The van der Waals surface area contributed by atoms with E-state index < -0.39 is 11.4 Å². The van der Waals surface area contributed by atoms with Crippen LogP contribution in [0.25, 0.3) is 11.0 Å². The van der Waals surface area contributed by atoms with Crippen LogP contribution in [0.15, 0.2) is 35.4 Å². The Bertz CT molecular complexity index is 1260. The van der Waals surface area contributed by atoms with Crippen LogP contribution in [0, 0.1) is 17.2 Å².